The summed E-state index contributed by atoms with van der Waals surface area (Å²) >= 11 is 0. The first-order chi connectivity index (χ1) is 27.7. The maximum Gasteiger partial charge on any atom is 0.164 e. The fourth-order valence-electron chi connectivity index (χ4n) is 7.56. The molecule has 2 heterocycles. The number of fused-ring (bicyclic) bond motifs is 3. The van der Waals surface area contributed by atoms with Crippen LogP contribution in [0.2, 0.25) is 0 Å². The van der Waals surface area contributed by atoms with Crippen molar-refractivity contribution in [3.05, 3.63) is 206 Å². The molecule has 10 rings (SSSR count). The molecule has 0 atom stereocenters. The molecular formula is C52H34N4. The van der Waals surface area contributed by atoms with Crippen LogP contribution in [-0.4, -0.2) is 19.9 Å². The van der Waals surface area contributed by atoms with E-state index in [1.165, 1.54) is 21.9 Å². The van der Waals surface area contributed by atoms with E-state index in [-0.39, 0.29) is 0 Å². The molecule has 8 aromatic carbocycles. The van der Waals surface area contributed by atoms with Crippen LogP contribution in [0.5, 0.6) is 0 Å². The van der Waals surface area contributed by atoms with Crippen LogP contribution in [0.25, 0.3) is 100 Å². The number of benzene rings is 8. The van der Waals surface area contributed by atoms with Crippen molar-refractivity contribution in [3.63, 3.8) is 0 Å². The predicted octanol–water partition coefficient (Wildman–Crippen LogP) is 13.2. The summed E-state index contributed by atoms with van der Waals surface area (Å²) in [6.45, 7) is 0. The average molecular weight is 715 g/mol. The molecular weight excluding hydrogens is 681 g/mol. The Morgan fingerprint density at radius 3 is 1.29 bits per heavy atom. The average Bonchev–Trinajstić information content (AvgIpc) is 3.29. The summed E-state index contributed by atoms with van der Waals surface area (Å²) in [6, 6.07) is 71.8. The van der Waals surface area contributed by atoms with E-state index >= 15 is 0 Å². The summed E-state index contributed by atoms with van der Waals surface area (Å²) in [4.78, 5) is 20.0. The lowest BCUT2D eigenvalue weighted by atomic mass is 9.89. The molecule has 2 aromatic heterocycles. The first-order valence-electron chi connectivity index (χ1n) is 18.8. The molecule has 4 nitrogen and oxygen atoms in total. The normalized spacial score (nSPS) is 11.2. The molecule has 10 aromatic rings. The number of pyridine rings is 1. The third-order valence-corrected chi connectivity index (χ3v) is 10.3. The Bertz CT molecular complexity index is 2930. The summed E-state index contributed by atoms with van der Waals surface area (Å²) < 4.78 is 0. The zero-order chi connectivity index (χ0) is 37.3. The van der Waals surface area contributed by atoms with Crippen LogP contribution in [0.1, 0.15) is 0 Å². The second-order valence-corrected chi connectivity index (χ2v) is 13.8. The number of aromatic nitrogens is 4. The maximum absolute atomic E-state index is 5.32. The van der Waals surface area contributed by atoms with Crippen LogP contribution in [0.15, 0.2) is 206 Å². The first-order valence-corrected chi connectivity index (χ1v) is 18.8. The Hall–Kier alpha value is -7.56. The lowest BCUT2D eigenvalue weighted by molar-refractivity contribution is 1.07. The van der Waals surface area contributed by atoms with Gasteiger partial charge in [0.05, 0.1) is 11.2 Å². The molecule has 0 N–H and O–H groups in total. The number of nitrogens with zero attached hydrogens (tertiary/aromatic N) is 4. The van der Waals surface area contributed by atoms with E-state index < -0.39 is 0 Å². The standard InChI is InChI=1S/C52H34N4/c1-5-16-36(17-6-1)46-34-47(37-18-7-2-8-19-37)53-48-33-45(43-26-13-14-27-44(43)49(46)48)42-25-15-24-41(32-42)35-28-30-40(31-29-35)52-55-50(38-20-9-3-10-21-38)54-51(56-52)39-22-11-4-12-23-39/h1-34H. The molecule has 0 bridgehead atoms. The number of hydrogen-bond donors (Lipinski definition) is 0. The van der Waals surface area contributed by atoms with Crippen molar-refractivity contribution in [2.45, 2.75) is 0 Å². The molecule has 56 heavy (non-hydrogen) atoms. The van der Waals surface area contributed by atoms with Gasteiger partial charge in [0, 0.05) is 27.6 Å². The highest BCUT2D eigenvalue weighted by Gasteiger charge is 2.17. The second kappa shape index (κ2) is 14.3. The van der Waals surface area contributed by atoms with E-state index in [0.717, 1.165) is 61.1 Å². The molecule has 0 amide bonds. The van der Waals surface area contributed by atoms with Crippen LogP contribution >= 0.6 is 0 Å². The van der Waals surface area contributed by atoms with Crippen molar-refractivity contribution >= 4 is 21.7 Å². The third-order valence-electron chi connectivity index (χ3n) is 10.3. The molecule has 0 saturated carbocycles. The highest BCUT2D eigenvalue weighted by Crippen LogP contribution is 2.41. The van der Waals surface area contributed by atoms with Gasteiger partial charge in [-0.3, -0.25) is 0 Å². The summed E-state index contributed by atoms with van der Waals surface area (Å²) in [5.41, 5.74) is 12.7. The molecule has 0 aliphatic heterocycles. The first kappa shape index (κ1) is 33.0. The summed E-state index contributed by atoms with van der Waals surface area (Å²) in [5, 5.41) is 3.53. The van der Waals surface area contributed by atoms with Gasteiger partial charge >= 0.3 is 0 Å². The molecule has 0 saturated heterocycles. The number of hydrogen-bond acceptors (Lipinski definition) is 4. The minimum atomic E-state index is 0.637. The third kappa shape index (κ3) is 6.29. The van der Waals surface area contributed by atoms with Crippen molar-refractivity contribution in [1.29, 1.82) is 0 Å². The lowest BCUT2D eigenvalue weighted by Crippen LogP contribution is -2.00. The Labute approximate surface area is 325 Å². The topological polar surface area (TPSA) is 51.6 Å². The zero-order valence-corrected chi connectivity index (χ0v) is 30.4. The Kier molecular flexibility index (Phi) is 8.47. The molecule has 262 valence electrons. The lowest BCUT2D eigenvalue weighted by Gasteiger charge is -2.16. The van der Waals surface area contributed by atoms with Gasteiger partial charge in [-0.1, -0.05) is 188 Å². The van der Waals surface area contributed by atoms with Gasteiger partial charge < -0.3 is 0 Å². The molecule has 0 unspecified atom stereocenters. The molecule has 0 spiro atoms. The molecule has 0 fully saturated rings. The van der Waals surface area contributed by atoms with Gasteiger partial charge in [-0.05, 0) is 62.4 Å². The largest absolute Gasteiger partial charge is 0.248 e. The van der Waals surface area contributed by atoms with Gasteiger partial charge in [-0.15, -0.1) is 0 Å². The minimum Gasteiger partial charge on any atom is -0.248 e. The van der Waals surface area contributed by atoms with Gasteiger partial charge in [0.1, 0.15) is 0 Å². The van der Waals surface area contributed by atoms with E-state index in [1.54, 1.807) is 0 Å². The Morgan fingerprint density at radius 2 is 0.696 bits per heavy atom. The molecule has 0 aliphatic carbocycles. The van der Waals surface area contributed by atoms with Crippen LogP contribution in [0, 0.1) is 0 Å². The van der Waals surface area contributed by atoms with Crippen LogP contribution in [0.3, 0.4) is 0 Å². The fraction of sp³-hybridized carbons (Fsp3) is 0. The second-order valence-electron chi connectivity index (χ2n) is 13.8. The molecule has 4 heteroatoms. The Balaban J connectivity index is 1.07. The minimum absolute atomic E-state index is 0.637. The van der Waals surface area contributed by atoms with Crippen molar-refractivity contribution in [2.24, 2.45) is 0 Å². The van der Waals surface area contributed by atoms with E-state index in [2.05, 4.69) is 140 Å². The van der Waals surface area contributed by atoms with Crippen molar-refractivity contribution in [3.8, 4) is 78.8 Å². The predicted molar refractivity (Wildman–Crippen MR) is 231 cm³/mol. The molecule has 0 radical (unpaired) electrons. The van der Waals surface area contributed by atoms with Gasteiger partial charge in [-0.25, -0.2) is 19.9 Å². The summed E-state index contributed by atoms with van der Waals surface area (Å²) in [6.07, 6.45) is 0. The fourth-order valence-corrected chi connectivity index (χ4v) is 7.56. The van der Waals surface area contributed by atoms with Crippen LogP contribution < -0.4 is 0 Å². The van der Waals surface area contributed by atoms with Gasteiger partial charge in [-0.2, -0.15) is 0 Å². The van der Waals surface area contributed by atoms with Crippen molar-refractivity contribution < 1.29 is 0 Å². The quantitative estimate of drug-likeness (QED) is 0.154. The van der Waals surface area contributed by atoms with E-state index in [0.29, 0.717) is 17.5 Å². The maximum atomic E-state index is 5.32. The van der Waals surface area contributed by atoms with Crippen molar-refractivity contribution in [2.75, 3.05) is 0 Å². The highest BCUT2D eigenvalue weighted by molar-refractivity contribution is 6.18. The van der Waals surface area contributed by atoms with Crippen LogP contribution in [-0.2, 0) is 0 Å². The van der Waals surface area contributed by atoms with Gasteiger partial charge in [0.2, 0.25) is 0 Å². The van der Waals surface area contributed by atoms with E-state index in [1.807, 2.05) is 66.7 Å². The smallest absolute Gasteiger partial charge is 0.164 e. The SMILES string of the molecule is c1ccc(-c2cc(-c3ccccc3)c3c(cc(-c4cccc(-c5ccc(-c6nc(-c7ccccc7)nc(-c7ccccc7)n6)cc5)c4)c4ccccc43)n2)cc1. The van der Waals surface area contributed by atoms with Crippen molar-refractivity contribution in [1.82, 2.24) is 19.9 Å². The summed E-state index contributed by atoms with van der Waals surface area (Å²) in [7, 11) is 0. The van der Waals surface area contributed by atoms with E-state index in [4.69, 9.17) is 19.9 Å². The van der Waals surface area contributed by atoms with E-state index in [9.17, 15) is 0 Å². The highest BCUT2D eigenvalue weighted by atomic mass is 15.0. The monoisotopic (exact) mass is 714 g/mol. The van der Waals surface area contributed by atoms with Crippen LogP contribution in [0.4, 0.5) is 0 Å². The zero-order valence-electron chi connectivity index (χ0n) is 30.4. The Morgan fingerprint density at radius 1 is 0.250 bits per heavy atom. The number of rotatable bonds is 7. The molecule has 0 aliphatic rings. The summed E-state index contributed by atoms with van der Waals surface area (Å²) in [5.74, 6) is 1.93. The van der Waals surface area contributed by atoms with Gasteiger partial charge in [0.25, 0.3) is 0 Å². The van der Waals surface area contributed by atoms with Gasteiger partial charge in [0.15, 0.2) is 17.5 Å².